The Labute approximate surface area is 117 Å². The van der Waals surface area contributed by atoms with Crippen LogP contribution in [0.25, 0.3) is 0 Å². The molecule has 0 radical (unpaired) electrons. The monoisotopic (exact) mass is 297 g/mol. The lowest BCUT2D eigenvalue weighted by molar-refractivity contribution is -0.0521. The van der Waals surface area contributed by atoms with E-state index in [1.54, 1.807) is 0 Å². The number of nitrogens with two attached hydrogens (primary N) is 1. The van der Waals surface area contributed by atoms with Gasteiger partial charge in [0.05, 0.1) is 11.9 Å². The number of amides is 1. The van der Waals surface area contributed by atoms with Gasteiger partial charge in [0.25, 0.3) is 5.91 Å². The molecular formula is C13H10F3N3O2. The zero-order chi connectivity index (χ0) is 15.4. The predicted octanol–water partition coefficient (Wildman–Crippen LogP) is 2.66. The van der Waals surface area contributed by atoms with Gasteiger partial charge >= 0.3 is 6.61 Å². The van der Waals surface area contributed by atoms with Crippen LogP contribution in [-0.4, -0.2) is 17.5 Å². The molecule has 0 unspecified atom stereocenters. The molecule has 1 aromatic heterocycles. The van der Waals surface area contributed by atoms with E-state index < -0.39 is 24.1 Å². The third-order valence-corrected chi connectivity index (χ3v) is 2.42. The van der Waals surface area contributed by atoms with E-state index in [4.69, 9.17) is 5.73 Å². The van der Waals surface area contributed by atoms with Crippen LogP contribution >= 0.6 is 0 Å². The summed E-state index contributed by atoms with van der Waals surface area (Å²) >= 11 is 0. The number of aromatic nitrogens is 1. The Balaban J connectivity index is 2.11. The number of benzene rings is 1. The van der Waals surface area contributed by atoms with Crippen LogP contribution in [0.1, 0.15) is 10.5 Å². The smallest absolute Gasteiger partial charge is 0.387 e. The van der Waals surface area contributed by atoms with Gasteiger partial charge in [0.1, 0.15) is 5.69 Å². The number of ether oxygens (including phenoxy) is 1. The molecule has 0 fully saturated rings. The van der Waals surface area contributed by atoms with Crippen molar-refractivity contribution in [3.63, 3.8) is 0 Å². The number of nitrogen functional groups attached to an aromatic ring is 1. The highest BCUT2D eigenvalue weighted by atomic mass is 19.3. The first-order chi connectivity index (χ1) is 9.95. The molecule has 1 aromatic carbocycles. The maximum Gasteiger partial charge on any atom is 0.387 e. The second kappa shape index (κ2) is 6.12. The SMILES string of the molecule is Nc1ccc(C(=O)Nc2ccc(OC(F)F)c(F)c2)nc1. The average molecular weight is 297 g/mol. The summed E-state index contributed by atoms with van der Waals surface area (Å²) in [5.41, 5.74) is 5.99. The second-order valence-corrected chi connectivity index (χ2v) is 3.95. The van der Waals surface area contributed by atoms with E-state index in [1.165, 1.54) is 24.4 Å². The van der Waals surface area contributed by atoms with Crippen LogP contribution < -0.4 is 15.8 Å². The van der Waals surface area contributed by atoms with Crippen LogP contribution in [0.2, 0.25) is 0 Å². The Morgan fingerprint density at radius 3 is 2.62 bits per heavy atom. The molecule has 0 aliphatic carbocycles. The summed E-state index contributed by atoms with van der Waals surface area (Å²) in [7, 11) is 0. The first-order valence-electron chi connectivity index (χ1n) is 5.73. The quantitative estimate of drug-likeness (QED) is 0.909. The molecule has 110 valence electrons. The molecule has 0 bridgehead atoms. The Morgan fingerprint density at radius 2 is 2.05 bits per heavy atom. The summed E-state index contributed by atoms with van der Waals surface area (Å²) in [6.07, 6.45) is 1.30. The van der Waals surface area contributed by atoms with Gasteiger partial charge in [-0.1, -0.05) is 0 Å². The zero-order valence-electron chi connectivity index (χ0n) is 10.5. The topological polar surface area (TPSA) is 77.2 Å². The first kappa shape index (κ1) is 14.6. The Kier molecular flexibility index (Phi) is 4.27. The predicted molar refractivity (Wildman–Crippen MR) is 69.6 cm³/mol. The summed E-state index contributed by atoms with van der Waals surface area (Å²) in [6, 6.07) is 5.98. The van der Waals surface area contributed by atoms with Gasteiger partial charge in [-0.2, -0.15) is 8.78 Å². The van der Waals surface area contributed by atoms with Crippen molar-refractivity contribution in [1.29, 1.82) is 0 Å². The summed E-state index contributed by atoms with van der Waals surface area (Å²) in [5.74, 6) is -2.20. The number of nitrogens with one attached hydrogen (secondary N) is 1. The second-order valence-electron chi connectivity index (χ2n) is 3.95. The standard InChI is InChI=1S/C13H10F3N3O2/c14-9-5-8(2-4-11(9)21-13(15)16)19-12(20)10-3-1-7(17)6-18-10/h1-6,13H,17H2,(H,19,20). The van der Waals surface area contributed by atoms with Crippen LogP contribution in [-0.2, 0) is 0 Å². The van der Waals surface area contributed by atoms with Gasteiger partial charge in [0.15, 0.2) is 11.6 Å². The van der Waals surface area contributed by atoms with E-state index in [0.717, 1.165) is 12.1 Å². The van der Waals surface area contributed by atoms with Crippen molar-refractivity contribution in [2.75, 3.05) is 11.1 Å². The fraction of sp³-hybridized carbons (Fsp3) is 0.0769. The number of rotatable bonds is 4. The van der Waals surface area contributed by atoms with Crippen LogP contribution in [0.3, 0.4) is 0 Å². The van der Waals surface area contributed by atoms with E-state index in [2.05, 4.69) is 15.0 Å². The molecule has 5 nitrogen and oxygen atoms in total. The molecule has 0 spiro atoms. The minimum atomic E-state index is -3.13. The largest absolute Gasteiger partial charge is 0.432 e. The van der Waals surface area contributed by atoms with Crippen molar-refractivity contribution in [2.45, 2.75) is 6.61 Å². The Bertz CT molecular complexity index is 648. The summed E-state index contributed by atoms with van der Waals surface area (Å²) < 4.78 is 41.4. The van der Waals surface area contributed by atoms with Crippen molar-refractivity contribution in [1.82, 2.24) is 4.98 Å². The summed E-state index contributed by atoms with van der Waals surface area (Å²) in [5, 5.41) is 2.37. The van der Waals surface area contributed by atoms with Gasteiger partial charge in [-0.05, 0) is 24.3 Å². The highest BCUT2D eigenvalue weighted by molar-refractivity contribution is 6.02. The third kappa shape index (κ3) is 3.85. The molecule has 1 amide bonds. The molecule has 0 atom stereocenters. The first-order valence-corrected chi connectivity index (χ1v) is 5.73. The Morgan fingerprint density at radius 1 is 1.29 bits per heavy atom. The van der Waals surface area contributed by atoms with E-state index in [1.807, 2.05) is 0 Å². The maximum absolute atomic E-state index is 13.5. The summed E-state index contributed by atoms with van der Waals surface area (Å²) in [6.45, 7) is -3.13. The fourth-order valence-corrected chi connectivity index (χ4v) is 1.50. The normalized spacial score (nSPS) is 10.5. The Hall–Kier alpha value is -2.77. The number of alkyl halides is 2. The number of hydrogen-bond donors (Lipinski definition) is 2. The minimum absolute atomic E-state index is 0.0810. The summed E-state index contributed by atoms with van der Waals surface area (Å²) in [4.78, 5) is 15.6. The van der Waals surface area contributed by atoms with Gasteiger partial charge in [-0.15, -0.1) is 0 Å². The number of carbonyl (C=O) groups excluding carboxylic acids is 1. The van der Waals surface area contributed by atoms with Crippen molar-refractivity contribution < 1.29 is 22.7 Å². The van der Waals surface area contributed by atoms with Crippen LogP contribution in [0.4, 0.5) is 24.5 Å². The number of carbonyl (C=O) groups is 1. The molecule has 2 rings (SSSR count). The van der Waals surface area contributed by atoms with E-state index in [0.29, 0.717) is 5.69 Å². The van der Waals surface area contributed by atoms with Crippen molar-refractivity contribution in [3.8, 4) is 5.75 Å². The minimum Gasteiger partial charge on any atom is -0.432 e. The molecule has 0 saturated carbocycles. The van der Waals surface area contributed by atoms with Crippen molar-refractivity contribution >= 4 is 17.3 Å². The lowest BCUT2D eigenvalue weighted by Crippen LogP contribution is -2.14. The maximum atomic E-state index is 13.5. The van der Waals surface area contributed by atoms with Gasteiger partial charge < -0.3 is 15.8 Å². The van der Waals surface area contributed by atoms with E-state index in [-0.39, 0.29) is 11.4 Å². The molecule has 21 heavy (non-hydrogen) atoms. The number of hydrogen-bond acceptors (Lipinski definition) is 4. The number of nitrogens with zero attached hydrogens (tertiary/aromatic N) is 1. The van der Waals surface area contributed by atoms with Crippen LogP contribution in [0, 0.1) is 5.82 Å². The molecule has 0 saturated heterocycles. The van der Waals surface area contributed by atoms with Crippen LogP contribution in [0.15, 0.2) is 36.5 Å². The lowest BCUT2D eigenvalue weighted by Gasteiger charge is -2.08. The van der Waals surface area contributed by atoms with Gasteiger partial charge in [0, 0.05) is 11.8 Å². The van der Waals surface area contributed by atoms with Gasteiger partial charge in [0.2, 0.25) is 0 Å². The molecule has 0 aliphatic rings. The highest BCUT2D eigenvalue weighted by Gasteiger charge is 2.12. The lowest BCUT2D eigenvalue weighted by atomic mass is 10.2. The van der Waals surface area contributed by atoms with Crippen molar-refractivity contribution in [3.05, 3.63) is 48.0 Å². The molecular weight excluding hydrogens is 287 g/mol. The molecule has 1 heterocycles. The third-order valence-electron chi connectivity index (χ3n) is 2.42. The number of halogens is 3. The molecule has 3 N–H and O–H groups in total. The number of anilines is 2. The molecule has 2 aromatic rings. The van der Waals surface area contributed by atoms with Crippen molar-refractivity contribution in [2.24, 2.45) is 0 Å². The van der Waals surface area contributed by atoms with E-state index >= 15 is 0 Å². The van der Waals surface area contributed by atoms with E-state index in [9.17, 15) is 18.0 Å². The highest BCUT2D eigenvalue weighted by Crippen LogP contribution is 2.23. The zero-order valence-corrected chi connectivity index (χ0v) is 10.5. The molecule has 8 heteroatoms. The fourth-order valence-electron chi connectivity index (χ4n) is 1.50. The van der Waals surface area contributed by atoms with Gasteiger partial charge in [-0.25, -0.2) is 9.37 Å². The van der Waals surface area contributed by atoms with Crippen LogP contribution in [0.5, 0.6) is 5.75 Å². The average Bonchev–Trinajstić information content (AvgIpc) is 2.42. The molecule has 0 aliphatic heterocycles. The van der Waals surface area contributed by atoms with Gasteiger partial charge in [-0.3, -0.25) is 4.79 Å². The number of pyridine rings is 1.